The highest BCUT2D eigenvalue weighted by molar-refractivity contribution is 7.16. The Balaban J connectivity index is 0. The van der Waals surface area contributed by atoms with E-state index in [1.807, 2.05) is 0 Å². The lowest BCUT2D eigenvalue weighted by atomic mass is 10.1. The van der Waals surface area contributed by atoms with E-state index in [0.29, 0.717) is 0 Å². The highest BCUT2D eigenvalue weighted by Crippen LogP contribution is 2.01. The van der Waals surface area contributed by atoms with Crippen LogP contribution >= 0.6 is 8.69 Å². The fourth-order valence-corrected chi connectivity index (χ4v) is 0.669. The zero-order valence-electron chi connectivity index (χ0n) is 7.66. The van der Waals surface area contributed by atoms with Crippen molar-refractivity contribution in [2.75, 3.05) is 6.61 Å². The van der Waals surface area contributed by atoms with Gasteiger partial charge in [-0.3, -0.25) is 0 Å². The molecule has 4 heteroatoms. The second-order valence-corrected chi connectivity index (χ2v) is 2.41. The summed E-state index contributed by atoms with van der Waals surface area (Å²) in [4.78, 5) is 6.99. The van der Waals surface area contributed by atoms with Crippen LogP contribution in [0.1, 0.15) is 33.1 Å². The molecule has 0 rings (SSSR count). The summed E-state index contributed by atoms with van der Waals surface area (Å²) in [5, 5.41) is 8.68. The van der Waals surface area contributed by atoms with Gasteiger partial charge in [0.05, 0.1) is 6.61 Å². The minimum atomic E-state index is -0.833. The first kappa shape index (κ1) is 14.3. The molecule has 0 aromatic carbocycles. The topological polar surface area (TPSA) is 57.5 Å². The molecule has 0 unspecified atom stereocenters. The van der Waals surface area contributed by atoms with Gasteiger partial charge in [-0.1, -0.05) is 26.3 Å². The molecule has 0 aromatic heterocycles. The van der Waals surface area contributed by atoms with Crippen LogP contribution in [0.25, 0.3) is 0 Å². The Morgan fingerprint density at radius 1 is 1.50 bits per heavy atom. The molecule has 0 aliphatic rings. The van der Waals surface area contributed by atoms with E-state index >= 15 is 0 Å². The maximum atomic E-state index is 8.68. The predicted molar refractivity (Wildman–Crippen MR) is 50.2 cm³/mol. The lowest BCUT2D eigenvalue weighted by Crippen LogP contribution is -1.87. The summed E-state index contributed by atoms with van der Waals surface area (Å²) in [7, 11) is -0.833. The van der Waals surface area contributed by atoms with E-state index in [0.717, 1.165) is 18.4 Å². The molecular formula is C8H17O3P. The minimum Gasteiger partial charge on any atom is -0.392 e. The number of hydrogen-bond donors (Lipinski definition) is 2. The predicted octanol–water partition coefficient (Wildman–Crippen LogP) is 2.30. The van der Waals surface area contributed by atoms with Crippen molar-refractivity contribution in [2.24, 2.45) is 0 Å². The van der Waals surface area contributed by atoms with Gasteiger partial charge in [-0.25, -0.2) is 4.57 Å². The van der Waals surface area contributed by atoms with E-state index < -0.39 is 8.69 Å². The quantitative estimate of drug-likeness (QED) is 0.530. The third kappa shape index (κ3) is 12.4. The van der Waals surface area contributed by atoms with Crippen LogP contribution in [0.4, 0.5) is 0 Å². The van der Waals surface area contributed by atoms with Crippen molar-refractivity contribution in [2.45, 2.75) is 33.1 Å². The average molecular weight is 192 g/mol. The van der Waals surface area contributed by atoms with Crippen LogP contribution < -0.4 is 0 Å². The summed E-state index contributed by atoms with van der Waals surface area (Å²) in [6.45, 7) is 4.44. The van der Waals surface area contributed by atoms with Gasteiger partial charge in [0.25, 0.3) is 0 Å². The van der Waals surface area contributed by atoms with Crippen LogP contribution in [-0.2, 0) is 4.57 Å². The summed E-state index contributed by atoms with van der Waals surface area (Å²) >= 11 is 0. The Labute approximate surface area is 75.4 Å². The molecule has 12 heavy (non-hydrogen) atoms. The summed E-state index contributed by atoms with van der Waals surface area (Å²) in [6, 6.07) is 0. The van der Waals surface area contributed by atoms with Gasteiger partial charge < -0.3 is 10.00 Å². The van der Waals surface area contributed by atoms with Crippen molar-refractivity contribution >= 4 is 8.69 Å². The van der Waals surface area contributed by atoms with E-state index in [2.05, 4.69) is 19.9 Å². The number of aliphatic hydroxyl groups excluding tert-OH is 1. The molecule has 0 spiro atoms. The summed E-state index contributed by atoms with van der Waals surface area (Å²) in [5.74, 6) is 0. The third-order valence-electron chi connectivity index (χ3n) is 1.38. The molecule has 0 heterocycles. The number of rotatable bonds is 4. The molecule has 0 bridgehead atoms. The van der Waals surface area contributed by atoms with Crippen LogP contribution in [0.3, 0.4) is 0 Å². The summed E-state index contributed by atoms with van der Waals surface area (Å²) < 4.78 is 8.46. The molecule has 0 aliphatic carbocycles. The molecule has 0 fully saturated rings. The minimum absolute atomic E-state index is 0.233. The van der Waals surface area contributed by atoms with Gasteiger partial charge in [0.1, 0.15) is 0 Å². The van der Waals surface area contributed by atoms with Crippen LogP contribution in [0.2, 0.25) is 0 Å². The van der Waals surface area contributed by atoms with Gasteiger partial charge in [0.15, 0.2) is 0 Å². The molecule has 72 valence electrons. The van der Waals surface area contributed by atoms with E-state index in [-0.39, 0.29) is 6.61 Å². The SMILES string of the molecule is CCCC=C(CC)CO.O=PO. The number of aliphatic hydroxyl groups is 1. The second-order valence-electron chi connectivity index (χ2n) is 2.24. The molecule has 0 saturated heterocycles. The lowest BCUT2D eigenvalue weighted by molar-refractivity contribution is 0.327. The number of unbranched alkanes of at least 4 members (excludes halogenated alkanes) is 1. The normalized spacial score (nSPS) is 10.8. The lowest BCUT2D eigenvalue weighted by Gasteiger charge is -1.96. The summed E-state index contributed by atoms with van der Waals surface area (Å²) in [6.07, 6.45) is 5.38. The smallest absolute Gasteiger partial charge is 0.324 e. The number of hydrogen-bond acceptors (Lipinski definition) is 2. The second kappa shape index (κ2) is 13.4. The maximum Gasteiger partial charge on any atom is 0.324 e. The molecule has 0 saturated carbocycles. The Hall–Kier alpha value is -0.240. The Kier molecular flexibility index (Phi) is 15.9. The van der Waals surface area contributed by atoms with Gasteiger partial charge in [-0.15, -0.1) is 0 Å². The van der Waals surface area contributed by atoms with E-state index in [9.17, 15) is 0 Å². The van der Waals surface area contributed by atoms with Crippen molar-refractivity contribution in [3.05, 3.63) is 11.6 Å². The largest absolute Gasteiger partial charge is 0.392 e. The fourth-order valence-electron chi connectivity index (χ4n) is 0.669. The average Bonchev–Trinajstić information content (AvgIpc) is 2.08. The highest BCUT2D eigenvalue weighted by Gasteiger charge is 1.87. The zero-order chi connectivity index (χ0) is 9.82. The fraction of sp³-hybridized carbons (Fsp3) is 0.750. The van der Waals surface area contributed by atoms with Gasteiger partial charge in [-0.2, -0.15) is 0 Å². The molecule has 0 radical (unpaired) electrons. The zero-order valence-corrected chi connectivity index (χ0v) is 8.55. The molecule has 3 nitrogen and oxygen atoms in total. The van der Waals surface area contributed by atoms with Crippen molar-refractivity contribution in [3.63, 3.8) is 0 Å². The van der Waals surface area contributed by atoms with Crippen LogP contribution in [-0.4, -0.2) is 16.6 Å². The first-order valence-corrected chi connectivity index (χ1v) is 4.78. The Bertz CT molecular complexity index is 117. The number of allylic oxidation sites excluding steroid dienone is 1. The van der Waals surface area contributed by atoms with E-state index in [1.165, 1.54) is 6.42 Å². The molecular weight excluding hydrogens is 175 g/mol. The molecule has 0 amide bonds. The summed E-state index contributed by atoms with van der Waals surface area (Å²) in [5.41, 5.74) is 1.16. The Morgan fingerprint density at radius 2 is 2.00 bits per heavy atom. The molecule has 0 atom stereocenters. The van der Waals surface area contributed by atoms with Gasteiger partial charge >= 0.3 is 8.69 Å². The highest BCUT2D eigenvalue weighted by atomic mass is 31.1. The maximum absolute atomic E-state index is 8.68. The van der Waals surface area contributed by atoms with Gasteiger partial charge in [-0.05, 0) is 18.4 Å². The first-order valence-electron chi connectivity index (χ1n) is 4.02. The molecule has 2 N–H and O–H groups in total. The van der Waals surface area contributed by atoms with Crippen LogP contribution in [0, 0.1) is 0 Å². The molecule has 0 aromatic rings. The monoisotopic (exact) mass is 192 g/mol. The van der Waals surface area contributed by atoms with E-state index in [4.69, 9.17) is 14.6 Å². The van der Waals surface area contributed by atoms with Crippen molar-refractivity contribution in [1.82, 2.24) is 0 Å². The van der Waals surface area contributed by atoms with Crippen molar-refractivity contribution < 1.29 is 14.6 Å². The van der Waals surface area contributed by atoms with Crippen molar-refractivity contribution in [3.8, 4) is 0 Å². The van der Waals surface area contributed by atoms with Gasteiger partial charge in [0, 0.05) is 0 Å². The van der Waals surface area contributed by atoms with Gasteiger partial charge in [0.2, 0.25) is 0 Å². The standard InChI is InChI=1S/C8H16O.HO2P/c1-3-5-6-8(4-2)7-9;1-3-2/h6,9H,3-5,7H2,1-2H3;(H,1,2). The Morgan fingerprint density at radius 3 is 2.25 bits per heavy atom. The van der Waals surface area contributed by atoms with E-state index in [1.54, 1.807) is 0 Å². The molecule has 0 aliphatic heterocycles. The van der Waals surface area contributed by atoms with Crippen molar-refractivity contribution in [1.29, 1.82) is 0 Å². The first-order chi connectivity index (χ1) is 5.76. The third-order valence-corrected chi connectivity index (χ3v) is 1.38. The van der Waals surface area contributed by atoms with Crippen LogP contribution in [0.5, 0.6) is 0 Å². The van der Waals surface area contributed by atoms with Crippen LogP contribution in [0.15, 0.2) is 11.6 Å².